The second-order valence-electron chi connectivity index (χ2n) is 6.32. The van der Waals surface area contributed by atoms with Crippen molar-refractivity contribution in [1.82, 2.24) is 4.98 Å². The molecule has 2 aromatic carbocycles. The molecule has 6 nitrogen and oxygen atoms in total. The highest BCUT2D eigenvalue weighted by atomic mass is 32.1. The van der Waals surface area contributed by atoms with Crippen molar-refractivity contribution >= 4 is 33.3 Å². The first-order valence-corrected chi connectivity index (χ1v) is 9.99. The minimum absolute atomic E-state index is 0.208. The second-order valence-corrected chi connectivity index (χ2v) is 7.53. The summed E-state index contributed by atoms with van der Waals surface area (Å²) in [5, 5.41) is 4.15. The number of anilines is 1. The zero-order valence-electron chi connectivity index (χ0n) is 16.3. The van der Waals surface area contributed by atoms with Crippen LogP contribution in [0.15, 0.2) is 52.9 Å². The van der Waals surface area contributed by atoms with Gasteiger partial charge in [0.15, 0.2) is 22.2 Å². The van der Waals surface area contributed by atoms with Crippen LogP contribution in [0.5, 0.6) is 11.5 Å². The molecule has 0 spiro atoms. The maximum Gasteiger partial charge on any atom is 0.293 e. The van der Waals surface area contributed by atoms with E-state index < -0.39 is 0 Å². The number of hydrogen-bond acceptors (Lipinski definition) is 6. The van der Waals surface area contributed by atoms with Crippen LogP contribution in [0, 0.1) is 6.92 Å². The van der Waals surface area contributed by atoms with Gasteiger partial charge in [0.1, 0.15) is 5.75 Å². The lowest BCUT2D eigenvalue weighted by molar-refractivity contribution is 0.0998. The van der Waals surface area contributed by atoms with Crippen LogP contribution in [0.25, 0.3) is 22.2 Å². The molecule has 7 heteroatoms. The first-order chi connectivity index (χ1) is 14.1. The van der Waals surface area contributed by atoms with Gasteiger partial charge in [0.05, 0.1) is 19.4 Å². The summed E-state index contributed by atoms with van der Waals surface area (Å²) in [5.74, 6) is 1.26. The Kier molecular flexibility index (Phi) is 5.22. The largest absolute Gasteiger partial charge is 0.494 e. The highest BCUT2D eigenvalue weighted by molar-refractivity contribution is 7.16. The molecule has 2 heterocycles. The number of rotatable bonds is 6. The number of ether oxygens (including phenoxy) is 2. The number of carbonyl (C=O) groups is 1. The molecule has 0 saturated carbocycles. The molecule has 0 saturated heterocycles. The van der Waals surface area contributed by atoms with Gasteiger partial charge in [-0.25, -0.2) is 4.98 Å². The van der Waals surface area contributed by atoms with Gasteiger partial charge in [0.2, 0.25) is 0 Å². The molecule has 0 bridgehead atoms. The predicted molar refractivity (Wildman–Crippen MR) is 114 cm³/mol. The van der Waals surface area contributed by atoms with E-state index >= 15 is 0 Å². The predicted octanol–water partition coefficient (Wildman–Crippen LogP) is 5.52. The number of methoxy groups -OCH3 is 1. The molecule has 148 valence electrons. The number of thiazole rings is 1. The van der Waals surface area contributed by atoms with Crippen LogP contribution < -0.4 is 14.8 Å². The van der Waals surface area contributed by atoms with Crippen molar-refractivity contribution in [3.8, 4) is 22.8 Å². The van der Waals surface area contributed by atoms with E-state index in [0.29, 0.717) is 23.1 Å². The molecule has 0 aliphatic carbocycles. The van der Waals surface area contributed by atoms with Gasteiger partial charge in [-0.15, -0.1) is 11.3 Å². The summed E-state index contributed by atoms with van der Waals surface area (Å²) in [4.78, 5) is 18.3. The van der Waals surface area contributed by atoms with E-state index in [1.54, 1.807) is 19.2 Å². The molecule has 0 aliphatic heterocycles. The molecule has 0 fully saturated rings. The van der Waals surface area contributed by atoms with Crippen molar-refractivity contribution in [3.63, 3.8) is 0 Å². The first-order valence-electron chi connectivity index (χ1n) is 9.17. The van der Waals surface area contributed by atoms with E-state index in [9.17, 15) is 4.79 Å². The summed E-state index contributed by atoms with van der Waals surface area (Å²) in [6.45, 7) is 4.55. The fourth-order valence-electron chi connectivity index (χ4n) is 3.06. The lowest BCUT2D eigenvalue weighted by Gasteiger charge is -2.04. The molecule has 0 atom stereocenters. The Morgan fingerprint density at radius 3 is 2.72 bits per heavy atom. The Balaban J connectivity index is 1.56. The van der Waals surface area contributed by atoms with Crippen molar-refractivity contribution in [1.29, 1.82) is 0 Å². The number of furan rings is 1. The second kappa shape index (κ2) is 7.97. The molecular formula is C22H20N2O4S. The van der Waals surface area contributed by atoms with Gasteiger partial charge < -0.3 is 13.9 Å². The number of amides is 1. The van der Waals surface area contributed by atoms with Gasteiger partial charge in [-0.3, -0.25) is 10.1 Å². The Morgan fingerprint density at radius 1 is 1.21 bits per heavy atom. The van der Waals surface area contributed by atoms with Crippen LogP contribution in [0.2, 0.25) is 0 Å². The van der Waals surface area contributed by atoms with Crippen LogP contribution in [0.1, 0.15) is 22.4 Å². The summed E-state index contributed by atoms with van der Waals surface area (Å²) in [6, 6.07) is 15.0. The SMILES string of the molecule is CCOc1ccc(-c2nc(NC(=O)c3cc4cccc(OC)c4o3)sc2C)cc1. The topological polar surface area (TPSA) is 73.6 Å². The number of aromatic nitrogens is 1. The van der Waals surface area contributed by atoms with Crippen LogP contribution in [0.4, 0.5) is 5.13 Å². The quantitative estimate of drug-likeness (QED) is 0.454. The molecule has 1 N–H and O–H groups in total. The van der Waals surface area contributed by atoms with Gasteiger partial charge in [0, 0.05) is 15.8 Å². The van der Waals surface area contributed by atoms with Crippen LogP contribution in [-0.2, 0) is 0 Å². The maximum atomic E-state index is 12.7. The van der Waals surface area contributed by atoms with E-state index in [0.717, 1.165) is 27.3 Å². The Bertz CT molecular complexity index is 1160. The van der Waals surface area contributed by atoms with Gasteiger partial charge in [-0.2, -0.15) is 0 Å². The van der Waals surface area contributed by atoms with Crippen molar-refractivity contribution in [3.05, 3.63) is 59.2 Å². The van der Waals surface area contributed by atoms with Gasteiger partial charge >= 0.3 is 0 Å². The van der Waals surface area contributed by atoms with E-state index in [1.165, 1.54) is 11.3 Å². The van der Waals surface area contributed by atoms with Crippen molar-refractivity contribution in [2.45, 2.75) is 13.8 Å². The lowest BCUT2D eigenvalue weighted by Crippen LogP contribution is -2.10. The molecular weight excluding hydrogens is 388 g/mol. The number of para-hydroxylation sites is 1. The number of fused-ring (bicyclic) bond motifs is 1. The number of hydrogen-bond donors (Lipinski definition) is 1. The number of aryl methyl sites for hydroxylation is 1. The minimum Gasteiger partial charge on any atom is -0.494 e. The molecule has 0 radical (unpaired) electrons. The monoisotopic (exact) mass is 408 g/mol. The van der Waals surface area contributed by atoms with Crippen LogP contribution in [0.3, 0.4) is 0 Å². The van der Waals surface area contributed by atoms with Gasteiger partial charge in [-0.05, 0) is 50.2 Å². The van der Waals surface area contributed by atoms with Crippen LogP contribution in [-0.4, -0.2) is 24.6 Å². The third-order valence-corrected chi connectivity index (χ3v) is 5.29. The Labute approximate surface area is 172 Å². The van der Waals surface area contributed by atoms with Gasteiger partial charge in [-0.1, -0.05) is 12.1 Å². The molecule has 0 unspecified atom stereocenters. The number of carbonyl (C=O) groups excluding carboxylic acids is 1. The number of nitrogens with one attached hydrogen (secondary N) is 1. The molecule has 29 heavy (non-hydrogen) atoms. The average molecular weight is 408 g/mol. The fraction of sp³-hybridized carbons (Fsp3) is 0.182. The van der Waals surface area contributed by atoms with Crippen LogP contribution >= 0.6 is 11.3 Å². The van der Waals surface area contributed by atoms with Gasteiger partial charge in [0.25, 0.3) is 5.91 Å². The highest BCUT2D eigenvalue weighted by Gasteiger charge is 2.18. The molecule has 0 aliphatic rings. The average Bonchev–Trinajstić information content (AvgIpc) is 3.32. The molecule has 1 amide bonds. The van der Waals surface area contributed by atoms with E-state index in [4.69, 9.17) is 13.9 Å². The normalized spacial score (nSPS) is 10.9. The Hall–Kier alpha value is -3.32. The maximum absolute atomic E-state index is 12.7. The minimum atomic E-state index is -0.352. The van der Waals surface area contributed by atoms with E-state index in [-0.39, 0.29) is 11.7 Å². The third kappa shape index (κ3) is 3.82. The highest BCUT2D eigenvalue weighted by Crippen LogP contribution is 2.32. The fourth-order valence-corrected chi connectivity index (χ4v) is 3.89. The van der Waals surface area contributed by atoms with Crippen molar-refractivity contribution in [2.24, 2.45) is 0 Å². The number of benzene rings is 2. The summed E-state index contributed by atoms with van der Waals surface area (Å²) < 4.78 is 16.5. The summed E-state index contributed by atoms with van der Waals surface area (Å²) >= 11 is 1.42. The van der Waals surface area contributed by atoms with E-state index in [1.807, 2.05) is 50.2 Å². The lowest BCUT2D eigenvalue weighted by atomic mass is 10.1. The molecule has 4 aromatic rings. The number of nitrogens with zero attached hydrogens (tertiary/aromatic N) is 1. The summed E-state index contributed by atoms with van der Waals surface area (Å²) in [5.41, 5.74) is 2.35. The first kappa shape index (κ1) is 19.0. The zero-order valence-corrected chi connectivity index (χ0v) is 17.1. The molecule has 4 rings (SSSR count). The Morgan fingerprint density at radius 2 is 2.00 bits per heavy atom. The third-order valence-electron chi connectivity index (χ3n) is 4.41. The smallest absolute Gasteiger partial charge is 0.293 e. The van der Waals surface area contributed by atoms with Crippen molar-refractivity contribution in [2.75, 3.05) is 19.0 Å². The molecule has 2 aromatic heterocycles. The summed E-state index contributed by atoms with van der Waals surface area (Å²) in [7, 11) is 1.57. The summed E-state index contributed by atoms with van der Waals surface area (Å²) in [6.07, 6.45) is 0. The standard InChI is InChI=1S/C22H20N2O4S/c1-4-27-16-10-8-14(9-11-16)19-13(2)29-22(23-19)24-21(25)18-12-15-6-5-7-17(26-3)20(15)28-18/h5-12H,4H2,1-3H3,(H,23,24,25). The van der Waals surface area contributed by atoms with Crippen molar-refractivity contribution < 1.29 is 18.7 Å². The zero-order chi connectivity index (χ0) is 20.4. The van der Waals surface area contributed by atoms with E-state index in [2.05, 4.69) is 10.3 Å².